The van der Waals surface area contributed by atoms with E-state index in [1.807, 2.05) is 6.92 Å². The SMILES string of the molecule is CCCSc1c(F)c(C#N)c(C#N)c(F)c1Nc1ccccc1OC. The number of benzene rings is 2. The molecular weight excluding hydrogens is 344 g/mol. The molecule has 0 spiro atoms. The van der Waals surface area contributed by atoms with E-state index < -0.39 is 22.8 Å². The zero-order chi connectivity index (χ0) is 18.4. The maximum Gasteiger partial charge on any atom is 0.167 e. The molecule has 0 amide bonds. The molecule has 25 heavy (non-hydrogen) atoms. The fourth-order valence-electron chi connectivity index (χ4n) is 2.21. The fraction of sp³-hybridized carbons (Fsp3) is 0.222. The van der Waals surface area contributed by atoms with E-state index in [2.05, 4.69) is 5.32 Å². The first kappa shape index (κ1) is 18.6. The van der Waals surface area contributed by atoms with Gasteiger partial charge in [-0.25, -0.2) is 8.78 Å². The second kappa shape index (κ2) is 8.36. The Kier molecular flexibility index (Phi) is 6.21. The highest BCUT2D eigenvalue weighted by molar-refractivity contribution is 7.99. The van der Waals surface area contributed by atoms with Crippen LogP contribution in [0.3, 0.4) is 0 Å². The van der Waals surface area contributed by atoms with Crippen LogP contribution < -0.4 is 10.1 Å². The molecule has 0 heterocycles. The molecule has 7 heteroatoms. The third-order valence-corrected chi connectivity index (χ3v) is 4.66. The maximum absolute atomic E-state index is 14.9. The number of thioether (sulfide) groups is 1. The van der Waals surface area contributed by atoms with Gasteiger partial charge in [-0.05, 0) is 24.3 Å². The second-order valence-electron chi connectivity index (χ2n) is 4.98. The first-order valence-corrected chi connectivity index (χ1v) is 8.45. The van der Waals surface area contributed by atoms with E-state index in [1.54, 1.807) is 36.4 Å². The Balaban J connectivity index is 2.68. The highest BCUT2D eigenvalue weighted by Crippen LogP contribution is 2.40. The molecule has 0 aliphatic heterocycles. The van der Waals surface area contributed by atoms with E-state index in [0.29, 0.717) is 17.2 Å². The van der Waals surface area contributed by atoms with Gasteiger partial charge in [0.1, 0.15) is 29.0 Å². The molecule has 0 aliphatic rings. The van der Waals surface area contributed by atoms with Gasteiger partial charge in [-0.3, -0.25) is 0 Å². The summed E-state index contributed by atoms with van der Waals surface area (Å²) in [6.07, 6.45) is 0.738. The smallest absolute Gasteiger partial charge is 0.167 e. The molecule has 0 radical (unpaired) electrons. The lowest BCUT2D eigenvalue weighted by Gasteiger charge is -2.17. The Bertz CT molecular complexity index is 872. The summed E-state index contributed by atoms with van der Waals surface area (Å²) in [6, 6.07) is 9.94. The number of rotatable bonds is 6. The summed E-state index contributed by atoms with van der Waals surface area (Å²) in [5.74, 6) is -0.869. The molecule has 0 unspecified atom stereocenters. The van der Waals surface area contributed by atoms with Gasteiger partial charge in [0, 0.05) is 0 Å². The van der Waals surface area contributed by atoms with Crippen LogP contribution in [-0.2, 0) is 0 Å². The van der Waals surface area contributed by atoms with Crippen molar-refractivity contribution in [1.82, 2.24) is 0 Å². The number of methoxy groups -OCH3 is 1. The van der Waals surface area contributed by atoms with Crippen molar-refractivity contribution < 1.29 is 13.5 Å². The van der Waals surface area contributed by atoms with Crippen molar-refractivity contribution in [3.63, 3.8) is 0 Å². The van der Waals surface area contributed by atoms with Crippen LogP contribution in [0.5, 0.6) is 5.75 Å². The van der Waals surface area contributed by atoms with Crippen LogP contribution in [-0.4, -0.2) is 12.9 Å². The number of hydrogen-bond acceptors (Lipinski definition) is 5. The van der Waals surface area contributed by atoms with Gasteiger partial charge in [0.05, 0.1) is 23.4 Å². The molecule has 4 nitrogen and oxygen atoms in total. The summed E-state index contributed by atoms with van der Waals surface area (Å²) in [5, 5.41) is 21.1. The lowest BCUT2D eigenvalue weighted by molar-refractivity contribution is 0.416. The van der Waals surface area contributed by atoms with E-state index in [-0.39, 0.29) is 10.6 Å². The Labute approximate surface area is 149 Å². The van der Waals surface area contributed by atoms with Crippen LogP contribution in [0.2, 0.25) is 0 Å². The van der Waals surface area contributed by atoms with Gasteiger partial charge in [-0.2, -0.15) is 10.5 Å². The van der Waals surface area contributed by atoms with Crippen LogP contribution in [0.15, 0.2) is 29.2 Å². The van der Waals surface area contributed by atoms with Crippen molar-refractivity contribution in [3.8, 4) is 17.9 Å². The number of nitriles is 2. The van der Waals surface area contributed by atoms with Gasteiger partial charge in [0.2, 0.25) is 0 Å². The second-order valence-corrected chi connectivity index (χ2v) is 6.08. The Morgan fingerprint density at radius 1 is 1.12 bits per heavy atom. The highest BCUT2D eigenvalue weighted by Gasteiger charge is 2.25. The monoisotopic (exact) mass is 359 g/mol. The Morgan fingerprint density at radius 2 is 1.76 bits per heavy atom. The average Bonchev–Trinajstić information content (AvgIpc) is 2.64. The molecule has 2 aromatic carbocycles. The van der Waals surface area contributed by atoms with Crippen LogP contribution in [0.1, 0.15) is 24.5 Å². The minimum absolute atomic E-state index is 0.0270. The third-order valence-electron chi connectivity index (χ3n) is 3.38. The van der Waals surface area contributed by atoms with Crippen molar-refractivity contribution >= 4 is 23.1 Å². The fourth-order valence-corrected chi connectivity index (χ4v) is 3.13. The predicted molar refractivity (Wildman–Crippen MR) is 93.1 cm³/mol. The summed E-state index contributed by atoms with van der Waals surface area (Å²) in [7, 11) is 1.46. The Hall–Kier alpha value is -2.77. The maximum atomic E-state index is 14.9. The highest BCUT2D eigenvalue weighted by atomic mass is 32.2. The number of anilines is 2. The molecule has 128 valence electrons. The molecule has 0 saturated heterocycles. The lowest BCUT2D eigenvalue weighted by atomic mass is 10.1. The van der Waals surface area contributed by atoms with Gasteiger partial charge in [-0.1, -0.05) is 19.1 Å². The molecule has 0 aromatic heterocycles. The number of nitrogens with zero attached hydrogens (tertiary/aromatic N) is 2. The molecule has 2 aromatic rings. The van der Waals surface area contributed by atoms with Gasteiger partial charge in [0.25, 0.3) is 0 Å². The molecule has 1 N–H and O–H groups in total. The van der Waals surface area contributed by atoms with Crippen molar-refractivity contribution in [1.29, 1.82) is 10.5 Å². The zero-order valence-corrected chi connectivity index (χ0v) is 14.5. The van der Waals surface area contributed by atoms with Crippen molar-refractivity contribution in [2.45, 2.75) is 18.2 Å². The van der Waals surface area contributed by atoms with Crippen molar-refractivity contribution in [2.24, 2.45) is 0 Å². The summed E-state index contributed by atoms with van der Waals surface area (Å²) in [4.78, 5) is -0.0270. The largest absolute Gasteiger partial charge is 0.495 e. The lowest BCUT2D eigenvalue weighted by Crippen LogP contribution is -2.06. The number of ether oxygens (including phenoxy) is 1. The molecular formula is C18H15F2N3OS. The third kappa shape index (κ3) is 3.67. The minimum Gasteiger partial charge on any atom is -0.495 e. The number of para-hydroxylation sites is 2. The number of nitrogens with one attached hydrogen (secondary N) is 1. The Morgan fingerprint density at radius 3 is 2.36 bits per heavy atom. The molecule has 0 fully saturated rings. The van der Waals surface area contributed by atoms with E-state index in [9.17, 15) is 8.78 Å². The van der Waals surface area contributed by atoms with Crippen LogP contribution in [0, 0.1) is 34.3 Å². The average molecular weight is 359 g/mol. The standard InChI is InChI=1S/C18H15F2N3OS/c1-3-8-25-18-16(20)12(10-22)11(9-21)15(19)17(18)23-13-6-4-5-7-14(13)24-2/h4-7,23H,3,8H2,1-2H3. The first-order valence-electron chi connectivity index (χ1n) is 7.46. The molecule has 0 atom stereocenters. The van der Waals surface area contributed by atoms with E-state index >= 15 is 0 Å². The summed E-state index contributed by atoms with van der Waals surface area (Å²) < 4.78 is 34.8. The zero-order valence-electron chi connectivity index (χ0n) is 13.7. The van der Waals surface area contributed by atoms with Crippen molar-refractivity contribution in [2.75, 3.05) is 18.2 Å². The van der Waals surface area contributed by atoms with Crippen LogP contribution >= 0.6 is 11.8 Å². The van der Waals surface area contributed by atoms with Crippen molar-refractivity contribution in [3.05, 3.63) is 47.0 Å². The van der Waals surface area contributed by atoms with Gasteiger partial charge in [-0.15, -0.1) is 11.8 Å². The van der Waals surface area contributed by atoms with E-state index in [1.165, 1.54) is 7.11 Å². The quantitative estimate of drug-likeness (QED) is 0.738. The summed E-state index contributed by atoms with van der Waals surface area (Å²) >= 11 is 1.09. The van der Waals surface area contributed by atoms with Crippen LogP contribution in [0.25, 0.3) is 0 Å². The van der Waals surface area contributed by atoms with Gasteiger partial charge >= 0.3 is 0 Å². The van der Waals surface area contributed by atoms with E-state index in [4.69, 9.17) is 15.3 Å². The first-order chi connectivity index (χ1) is 12.1. The summed E-state index contributed by atoms with van der Waals surface area (Å²) in [5.41, 5.74) is -0.936. The molecule has 0 bridgehead atoms. The molecule has 0 saturated carbocycles. The normalized spacial score (nSPS) is 10.0. The van der Waals surface area contributed by atoms with E-state index in [0.717, 1.165) is 18.2 Å². The topological polar surface area (TPSA) is 68.8 Å². The van der Waals surface area contributed by atoms with Gasteiger partial charge in [0.15, 0.2) is 11.6 Å². The van der Waals surface area contributed by atoms with Gasteiger partial charge < -0.3 is 10.1 Å². The number of halogens is 2. The predicted octanol–water partition coefficient (Wildman–Crippen LogP) is 4.96. The molecule has 0 aliphatic carbocycles. The summed E-state index contributed by atoms with van der Waals surface area (Å²) in [6.45, 7) is 1.91. The molecule has 2 rings (SSSR count). The number of hydrogen-bond donors (Lipinski definition) is 1. The minimum atomic E-state index is -0.954. The van der Waals surface area contributed by atoms with Crippen LogP contribution in [0.4, 0.5) is 20.2 Å².